The van der Waals surface area contributed by atoms with Gasteiger partial charge in [0.15, 0.2) is 0 Å². The number of hydrogen-bond acceptors (Lipinski definition) is 6. The second-order valence-electron chi connectivity index (χ2n) is 6.33. The highest BCUT2D eigenvalue weighted by molar-refractivity contribution is 5.97. The molecule has 0 spiro atoms. The first-order valence-electron chi connectivity index (χ1n) is 9.09. The molecule has 0 aliphatic heterocycles. The molecule has 29 heavy (non-hydrogen) atoms. The molecule has 0 radical (unpaired) electrons. The molecule has 0 heterocycles. The third kappa shape index (κ3) is 6.39. The van der Waals surface area contributed by atoms with Crippen molar-refractivity contribution in [1.82, 2.24) is 16.1 Å². The van der Waals surface area contributed by atoms with E-state index in [2.05, 4.69) is 10.6 Å². The molecule has 2 rings (SSSR count). The molecule has 3 amide bonds. The minimum atomic E-state index is -1.03. The predicted octanol–water partition coefficient (Wildman–Crippen LogP) is -0.466. The van der Waals surface area contributed by atoms with E-state index in [0.717, 1.165) is 16.7 Å². The SMILES string of the molecule is NCCNC(=O)Cc1ccc(-c2ccc(C(=O)N[C@@H](CN)C(=O)NO)cc2)cc1. The largest absolute Gasteiger partial charge is 0.355 e. The van der Waals surface area contributed by atoms with Crippen molar-refractivity contribution in [2.45, 2.75) is 12.5 Å². The molecule has 9 nitrogen and oxygen atoms in total. The molecule has 154 valence electrons. The second kappa shape index (κ2) is 10.9. The van der Waals surface area contributed by atoms with Crippen LogP contribution in [-0.4, -0.2) is 48.6 Å². The van der Waals surface area contributed by atoms with Gasteiger partial charge in [-0.3, -0.25) is 19.6 Å². The van der Waals surface area contributed by atoms with Crippen molar-refractivity contribution in [3.05, 3.63) is 59.7 Å². The van der Waals surface area contributed by atoms with Crippen molar-refractivity contribution < 1.29 is 19.6 Å². The standard InChI is InChI=1S/C20H25N5O4/c21-9-10-23-18(26)11-13-1-3-14(4-2-13)15-5-7-16(8-6-15)19(27)24-17(12-22)20(28)25-29/h1-8,17,29H,9-12,21-22H2,(H,23,26)(H,24,27)(H,25,28)/t17-/m0/s1. The van der Waals surface area contributed by atoms with Crippen LogP contribution in [0.5, 0.6) is 0 Å². The van der Waals surface area contributed by atoms with Gasteiger partial charge in [0, 0.05) is 25.2 Å². The number of carbonyl (C=O) groups is 3. The molecule has 0 aliphatic rings. The van der Waals surface area contributed by atoms with Gasteiger partial charge in [0.25, 0.3) is 11.8 Å². The van der Waals surface area contributed by atoms with E-state index in [4.69, 9.17) is 16.7 Å². The average molecular weight is 399 g/mol. The van der Waals surface area contributed by atoms with Crippen LogP contribution in [0.25, 0.3) is 11.1 Å². The van der Waals surface area contributed by atoms with Crippen LogP contribution in [0.2, 0.25) is 0 Å². The number of benzene rings is 2. The Kier molecular flexibility index (Phi) is 8.28. The Morgan fingerprint density at radius 1 is 0.931 bits per heavy atom. The molecule has 0 unspecified atom stereocenters. The van der Waals surface area contributed by atoms with Crippen molar-refractivity contribution in [1.29, 1.82) is 0 Å². The third-order valence-electron chi connectivity index (χ3n) is 4.23. The summed E-state index contributed by atoms with van der Waals surface area (Å²) < 4.78 is 0. The zero-order chi connectivity index (χ0) is 21.2. The van der Waals surface area contributed by atoms with Gasteiger partial charge in [-0.25, -0.2) is 5.48 Å². The highest BCUT2D eigenvalue weighted by Crippen LogP contribution is 2.20. The lowest BCUT2D eigenvalue weighted by Crippen LogP contribution is -2.50. The molecule has 0 aliphatic carbocycles. The molecule has 9 heteroatoms. The van der Waals surface area contributed by atoms with Crippen LogP contribution >= 0.6 is 0 Å². The van der Waals surface area contributed by atoms with Crippen molar-refractivity contribution in [2.75, 3.05) is 19.6 Å². The summed E-state index contributed by atoms with van der Waals surface area (Å²) in [6, 6.07) is 13.3. The van der Waals surface area contributed by atoms with E-state index < -0.39 is 17.9 Å². The predicted molar refractivity (Wildman–Crippen MR) is 108 cm³/mol. The summed E-state index contributed by atoms with van der Waals surface area (Å²) >= 11 is 0. The molecule has 1 atom stereocenters. The van der Waals surface area contributed by atoms with E-state index in [1.54, 1.807) is 24.3 Å². The fourth-order valence-electron chi connectivity index (χ4n) is 2.64. The van der Waals surface area contributed by atoms with Gasteiger partial charge in [0.1, 0.15) is 6.04 Å². The van der Waals surface area contributed by atoms with Crippen LogP contribution in [0.4, 0.5) is 0 Å². The maximum atomic E-state index is 12.2. The van der Waals surface area contributed by atoms with Gasteiger partial charge in [-0.15, -0.1) is 0 Å². The van der Waals surface area contributed by atoms with E-state index in [-0.39, 0.29) is 18.9 Å². The fraction of sp³-hybridized carbons (Fsp3) is 0.250. The molecular formula is C20H25N5O4. The Hall–Kier alpha value is -3.27. The third-order valence-corrected chi connectivity index (χ3v) is 4.23. The lowest BCUT2D eigenvalue weighted by molar-refractivity contribution is -0.130. The number of nitrogens with one attached hydrogen (secondary N) is 3. The quantitative estimate of drug-likeness (QED) is 0.247. The van der Waals surface area contributed by atoms with Crippen molar-refractivity contribution in [2.24, 2.45) is 11.5 Å². The van der Waals surface area contributed by atoms with Gasteiger partial charge >= 0.3 is 0 Å². The minimum Gasteiger partial charge on any atom is -0.355 e. The summed E-state index contributed by atoms with van der Waals surface area (Å²) in [6.07, 6.45) is 0.281. The van der Waals surface area contributed by atoms with E-state index in [0.29, 0.717) is 18.7 Å². The molecule has 0 fully saturated rings. The Morgan fingerprint density at radius 3 is 2.03 bits per heavy atom. The molecule has 0 saturated carbocycles. The number of carbonyl (C=O) groups excluding carboxylic acids is 3. The first kappa shape index (κ1) is 22.0. The molecule has 0 saturated heterocycles. The zero-order valence-corrected chi connectivity index (χ0v) is 15.9. The Balaban J connectivity index is 2.01. The minimum absolute atomic E-state index is 0.0794. The lowest BCUT2D eigenvalue weighted by atomic mass is 10.0. The van der Waals surface area contributed by atoms with Crippen LogP contribution in [0.1, 0.15) is 15.9 Å². The average Bonchev–Trinajstić information content (AvgIpc) is 2.76. The smallest absolute Gasteiger partial charge is 0.267 e. The van der Waals surface area contributed by atoms with E-state index >= 15 is 0 Å². The van der Waals surface area contributed by atoms with E-state index in [9.17, 15) is 14.4 Å². The van der Waals surface area contributed by atoms with Gasteiger partial charge in [0.2, 0.25) is 5.91 Å². The molecule has 0 bridgehead atoms. The number of rotatable bonds is 9. The maximum Gasteiger partial charge on any atom is 0.267 e. The van der Waals surface area contributed by atoms with Crippen molar-refractivity contribution >= 4 is 17.7 Å². The summed E-state index contributed by atoms with van der Waals surface area (Å²) in [7, 11) is 0. The summed E-state index contributed by atoms with van der Waals surface area (Å²) in [5.74, 6) is -1.34. The highest BCUT2D eigenvalue weighted by Gasteiger charge is 2.19. The summed E-state index contributed by atoms with van der Waals surface area (Å²) in [5, 5.41) is 13.8. The van der Waals surface area contributed by atoms with Crippen LogP contribution in [0, 0.1) is 0 Å². The Labute approximate surface area is 168 Å². The summed E-state index contributed by atoms with van der Waals surface area (Å²) in [5.41, 5.74) is 15.3. The molecule has 0 aromatic heterocycles. The van der Waals surface area contributed by atoms with Crippen molar-refractivity contribution in [3.63, 3.8) is 0 Å². The number of nitrogens with two attached hydrogens (primary N) is 2. The van der Waals surface area contributed by atoms with Crippen molar-refractivity contribution in [3.8, 4) is 11.1 Å². The van der Waals surface area contributed by atoms with Crippen LogP contribution in [0.3, 0.4) is 0 Å². The van der Waals surface area contributed by atoms with Gasteiger partial charge in [-0.1, -0.05) is 36.4 Å². The maximum absolute atomic E-state index is 12.2. The summed E-state index contributed by atoms with van der Waals surface area (Å²) in [6.45, 7) is 0.709. The number of hydroxylamine groups is 1. The van der Waals surface area contributed by atoms with Gasteiger partial charge < -0.3 is 22.1 Å². The van der Waals surface area contributed by atoms with Crippen LogP contribution in [-0.2, 0) is 16.0 Å². The second-order valence-corrected chi connectivity index (χ2v) is 6.33. The molecule has 8 N–H and O–H groups in total. The monoisotopic (exact) mass is 399 g/mol. The fourth-order valence-corrected chi connectivity index (χ4v) is 2.64. The van der Waals surface area contributed by atoms with Gasteiger partial charge in [-0.05, 0) is 28.8 Å². The number of amides is 3. The summed E-state index contributed by atoms with van der Waals surface area (Å²) in [4.78, 5) is 35.4. The van der Waals surface area contributed by atoms with Crippen LogP contribution < -0.4 is 27.6 Å². The molecule has 2 aromatic carbocycles. The zero-order valence-electron chi connectivity index (χ0n) is 15.9. The lowest BCUT2D eigenvalue weighted by Gasteiger charge is -2.14. The first-order chi connectivity index (χ1) is 14.0. The van der Waals surface area contributed by atoms with Gasteiger partial charge in [0.05, 0.1) is 6.42 Å². The first-order valence-corrected chi connectivity index (χ1v) is 9.09. The Bertz CT molecular complexity index is 837. The number of hydrogen-bond donors (Lipinski definition) is 6. The Morgan fingerprint density at radius 2 is 1.52 bits per heavy atom. The van der Waals surface area contributed by atoms with E-state index in [1.807, 2.05) is 24.3 Å². The normalized spacial score (nSPS) is 11.4. The molecular weight excluding hydrogens is 374 g/mol. The highest BCUT2D eigenvalue weighted by atomic mass is 16.5. The van der Waals surface area contributed by atoms with Crippen LogP contribution in [0.15, 0.2) is 48.5 Å². The topological polar surface area (TPSA) is 160 Å². The van der Waals surface area contributed by atoms with Gasteiger partial charge in [-0.2, -0.15) is 0 Å². The molecule has 2 aromatic rings. The van der Waals surface area contributed by atoms with E-state index in [1.165, 1.54) is 5.48 Å².